The number of nitrogens with one attached hydrogen (secondary N) is 2. The Morgan fingerprint density at radius 3 is 1.55 bits per heavy atom. The Labute approximate surface area is 234 Å². The average Bonchev–Trinajstić information content (AvgIpc) is 2.93. The van der Waals surface area contributed by atoms with Crippen molar-refractivity contribution in [3.63, 3.8) is 0 Å². The summed E-state index contributed by atoms with van der Waals surface area (Å²) in [6, 6.07) is 5.23. The number of hydrogen-bond donors (Lipinski definition) is 2. The van der Waals surface area contributed by atoms with Gasteiger partial charge in [0.25, 0.3) is 11.8 Å². The van der Waals surface area contributed by atoms with Crippen LogP contribution in [0, 0.1) is 0 Å². The lowest BCUT2D eigenvalue weighted by atomic mass is 10.1. The highest BCUT2D eigenvalue weighted by Crippen LogP contribution is 2.22. The van der Waals surface area contributed by atoms with Crippen molar-refractivity contribution in [1.29, 1.82) is 0 Å². The molecule has 0 heterocycles. The van der Waals surface area contributed by atoms with Crippen molar-refractivity contribution in [3.05, 3.63) is 29.3 Å². The Kier molecular flexibility index (Phi) is 21.5. The van der Waals surface area contributed by atoms with E-state index in [-0.39, 0.29) is 11.8 Å². The molecule has 2 amide bonds. The van der Waals surface area contributed by atoms with Crippen LogP contribution < -0.4 is 15.4 Å². The fourth-order valence-corrected chi connectivity index (χ4v) is 4.62. The Morgan fingerprint density at radius 2 is 1.03 bits per heavy atom. The van der Waals surface area contributed by atoms with E-state index in [1.54, 1.807) is 18.2 Å². The van der Waals surface area contributed by atoms with Crippen LogP contribution in [0.25, 0.3) is 0 Å². The van der Waals surface area contributed by atoms with E-state index in [9.17, 15) is 9.59 Å². The van der Waals surface area contributed by atoms with Crippen LogP contribution in [0.3, 0.4) is 0 Å². The molecule has 1 rings (SSSR count). The second-order valence-electron chi connectivity index (χ2n) is 10.7. The molecule has 0 fully saturated rings. The van der Waals surface area contributed by atoms with Crippen molar-refractivity contribution < 1.29 is 14.3 Å². The van der Waals surface area contributed by atoms with Gasteiger partial charge in [0.2, 0.25) is 0 Å². The van der Waals surface area contributed by atoms with E-state index in [1.807, 2.05) is 0 Å². The van der Waals surface area contributed by atoms with Gasteiger partial charge < -0.3 is 15.4 Å². The summed E-state index contributed by atoms with van der Waals surface area (Å²) in [6.45, 7) is 8.57. The predicted molar refractivity (Wildman–Crippen MR) is 161 cm³/mol. The van der Waals surface area contributed by atoms with Gasteiger partial charge in [-0.25, -0.2) is 0 Å². The molecule has 0 bridgehead atoms. The van der Waals surface area contributed by atoms with Crippen molar-refractivity contribution in [2.75, 3.05) is 19.7 Å². The zero-order valence-electron chi connectivity index (χ0n) is 25.0. The highest BCUT2D eigenvalue weighted by atomic mass is 16.5. The number of carbonyl (C=O) groups is 2. The fraction of sp³-hybridized carbons (Fsp3) is 0.758. The first kappa shape index (κ1) is 34.0. The monoisotopic (exact) mass is 530 g/mol. The van der Waals surface area contributed by atoms with Gasteiger partial charge in [-0.3, -0.25) is 9.59 Å². The minimum Gasteiger partial charge on any atom is -0.493 e. The van der Waals surface area contributed by atoms with Crippen LogP contribution in [0.4, 0.5) is 0 Å². The number of carbonyl (C=O) groups excluding carboxylic acids is 2. The third-order valence-corrected chi connectivity index (χ3v) is 7.13. The standard InChI is InChI=1S/C33H58N2O3/c1-4-7-10-13-14-15-16-19-22-27-38-31-28-29(32(36)34-25-20-17-11-8-5-2)23-24-30(31)33(37)35-26-21-18-12-9-6-3/h23-24,28H,4-22,25-27H2,1-3H3,(H,34,36)(H,35,37). The van der Waals surface area contributed by atoms with Crippen molar-refractivity contribution in [2.45, 2.75) is 143 Å². The molecule has 218 valence electrons. The molecule has 0 aliphatic carbocycles. The highest BCUT2D eigenvalue weighted by molar-refractivity contribution is 6.00. The first-order chi connectivity index (χ1) is 18.6. The molecule has 0 aromatic heterocycles. The molecule has 0 spiro atoms. The van der Waals surface area contributed by atoms with Crippen LogP contribution in [-0.2, 0) is 0 Å². The van der Waals surface area contributed by atoms with Gasteiger partial charge in [0.15, 0.2) is 0 Å². The normalized spacial score (nSPS) is 10.9. The van der Waals surface area contributed by atoms with E-state index in [2.05, 4.69) is 31.4 Å². The minimum atomic E-state index is -0.120. The summed E-state index contributed by atoms with van der Waals surface area (Å²) in [7, 11) is 0. The van der Waals surface area contributed by atoms with Crippen LogP contribution in [0.5, 0.6) is 5.75 Å². The van der Waals surface area contributed by atoms with Crippen LogP contribution in [0.1, 0.15) is 163 Å². The molecule has 2 N–H and O–H groups in total. The van der Waals surface area contributed by atoms with Crippen LogP contribution in [0.2, 0.25) is 0 Å². The van der Waals surface area contributed by atoms with Crippen LogP contribution >= 0.6 is 0 Å². The molecule has 5 heteroatoms. The molecule has 0 saturated carbocycles. The maximum absolute atomic E-state index is 12.9. The van der Waals surface area contributed by atoms with Gasteiger partial charge in [-0.15, -0.1) is 0 Å². The summed E-state index contributed by atoms with van der Waals surface area (Å²) in [5.41, 5.74) is 1.07. The number of hydrogen-bond acceptors (Lipinski definition) is 3. The van der Waals surface area contributed by atoms with Crippen molar-refractivity contribution in [3.8, 4) is 5.75 Å². The van der Waals surface area contributed by atoms with Crippen LogP contribution in [0.15, 0.2) is 18.2 Å². The van der Waals surface area contributed by atoms with Gasteiger partial charge in [-0.2, -0.15) is 0 Å². The maximum Gasteiger partial charge on any atom is 0.255 e. The van der Waals surface area contributed by atoms with Gasteiger partial charge in [-0.05, 0) is 37.5 Å². The van der Waals surface area contributed by atoms with Crippen molar-refractivity contribution in [1.82, 2.24) is 10.6 Å². The zero-order valence-corrected chi connectivity index (χ0v) is 25.0. The molecule has 0 unspecified atom stereocenters. The topological polar surface area (TPSA) is 67.4 Å². The Morgan fingerprint density at radius 1 is 0.579 bits per heavy atom. The first-order valence-electron chi connectivity index (χ1n) is 16.0. The molecule has 0 aliphatic heterocycles. The van der Waals surface area contributed by atoms with Gasteiger partial charge >= 0.3 is 0 Å². The van der Waals surface area contributed by atoms with Crippen LogP contribution in [-0.4, -0.2) is 31.5 Å². The number of ether oxygens (including phenoxy) is 1. The smallest absolute Gasteiger partial charge is 0.255 e. The largest absolute Gasteiger partial charge is 0.493 e. The number of rotatable bonds is 25. The lowest BCUT2D eigenvalue weighted by Gasteiger charge is -2.14. The van der Waals surface area contributed by atoms with E-state index in [4.69, 9.17) is 4.74 Å². The Balaban J connectivity index is 2.59. The molecule has 0 radical (unpaired) electrons. The maximum atomic E-state index is 12.9. The fourth-order valence-electron chi connectivity index (χ4n) is 4.62. The van der Waals surface area contributed by atoms with E-state index in [1.165, 1.54) is 83.5 Å². The zero-order chi connectivity index (χ0) is 27.7. The second kappa shape index (κ2) is 24.0. The SMILES string of the molecule is CCCCCCCCCCCOc1cc(C(=O)NCCCCCCC)ccc1C(=O)NCCCCCCC. The third kappa shape index (κ3) is 16.7. The molecular formula is C33H58N2O3. The van der Waals surface area contributed by atoms with E-state index in [0.717, 1.165) is 38.5 Å². The predicted octanol–water partition coefficient (Wildman–Crippen LogP) is 9.00. The second-order valence-corrected chi connectivity index (χ2v) is 10.7. The van der Waals surface area contributed by atoms with Gasteiger partial charge in [-0.1, -0.05) is 124 Å². The molecule has 5 nitrogen and oxygen atoms in total. The molecule has 1 aromatic carbocycles. The lowest BCUT2D eigenvalue weighted by Crippen LogP contribution is -2.26. The summed E-state index contributed by atoms with van der Waals surface area (Å²) in [4.78, 5) is 25.7. The van der Waals surface area contributed by atoms with Crippen molar-refractivity contribution in [2.24, 2.45) is 0 Å². The Hall–Kier alpha value is -2.04. The minimum absolute atomic E-state index is 0.101. The van der Waals surface area contributed by atoms with Gasteiger partial charge in [0.05, 0.1) is 12.2 Å². The molecular weight excluding hydrogens is 472 g/mol. The van der Waals surface area contributed by atoms with E-state index < -0.39 is 0 Å². The van der Waals surface area contributed by atoms with E-state index in [0.29, 0.717) is 36.6 Å². The molecule has 38 heavy (non-hydrogen) atoms. The summed E-state index contributed by atoms with van der Waals surface area (Å²) in [5.74, 6) is 0.297. The van der Waals surface area contributed by atoms with Gasteiger partial charge in [0, 0.05) is 18.7 Å². The van der Waals surface area contributed by atoms with E-state index >= 15 is 0 Å². The Bertz CT molecular complexity index is 735. The molecule has 0 atom stereocenters. The third-order valence-electron chi connectivity index (χ3n) is 7.13. The van der Waals surface area contributed by atoms with Crippen molar-refractivity contribution >= 4 is 11.8 Å². The van der Waals surface area contributed by atoms with Gasteiger partial charge in [0.1, 0.15) is 5.75 Å². The highest BCUT2D eigenvalue weighted by Gasteiger charge is 2.16. The summed E-state index contributed by atoms with van der Waals surface area (Å²) in [5, 5.41) is 6.07. The number of unbranched alkanes of at least 4 members (excludes halogenated alkanes) is 16. The summed E-state index contributed by atoms with van der Waals surface area (Å²) >= 11 is 0. The molecule has 0 saturated heterocycles. The molecule has 1 aromatic rings. The quantitative estimate of drug-likeness (QED) is 0.124. The average molecular weight is 531 g/mol. The number of benzene rings is 1. The lowest BCUT2D eigenvalue weighted by molar-refractivity contribution is 0.0937. The summed E-state index contributed by atoms with van der Waals surface area (Å²) in [6.07, 6.45) is 22.8. The molecule has 0 aliphatic rings. The number of amides is 2. The first-order valence-corrected chi connectivity index (χ1v) is 16.0. The summed E-state index contributed by atoms with van der Waals surface area (Å²) < 4.78 is 6.10.